The Morgan fingerprint density at radius 1 is 1.38 bits per heavy atom. The molecular weight excluding hydrogens is 280 g/mol. The number of anilines is 1. The number of aromatic nitrogens is 2. The maximum absolute atomic E-state index is 4.81. The van der Waals surface area contributed by atoms with Gasteiger partial charge in [0, 0.05) is 30.2 Å². The van der Waals surface area contributed by atoms with Crippen LogP contribution in [-0.4, -0.2) is 22.6 Å². The van der Waals surface area contributed by atoms with E-state index in [4.69, 9.17) is 4.98 Å². The fourth-order valence-electron chi connectivity index (χ4n) is 2.98. The zero-order chi connectivity index (χ0) is 14.2. The SMILES string of the molecule is CC1c2ccsc2CCN1c1cncc(CNC2CC2)n1. The lowest BCUT2D eigenvalue weighted by Gasteiger charge is -2.34. The van der Waals surface area contributed by atoms with Crippen molar-refractivity contribution in [1.82, 2.24) is 15.3 Å². The van der Waals surface area contributed by atoms with Crippen molar-refractivity contribution in [1.29, 1.82) is 0 Å². The van der Waals surface area contributed by atoms with Gasteiger partial charge in [-0.15, -0.1) is 11.3 Å². The van der Waals surface area contributed by atoms with Crippen LogP contribution in [0.15, 0.2) is 23.8 Å². The van der Waals surface area contributed by atoms with E-state index in [2.05, 4.69) is 33.6 Å². The highest BCUT2D eigenvalue weighted by Gasteiger charge is 2.26. The lowest BCUT2D eigenvalue weighted by atomic mass is 10.0. The third kappa shape index (κ3) is 2.68. The van der Waals surface area contributed by atoms with Crippen molar-refractivity contribution in [2.45, 2.75) is 44.8 Å². The normalized spacial score (nSPS) is 21.4. The second-order valence-corrected chi connectivity index (χ2v) is 6.94. The number of rotatable bonds is 4. The molecule has 4 rings (SSSR count). The minimum Gasteiger partial charge on any atom is -0.348 e. The summed E-state index contributed by atoms with van der Waals surface area (Å²) in [5.74, 6) is 1.01. The number of nitrogens with zero attached hydrogens (tertiary/aromatic N) is 3. The highest BCUT2D eigenvalue weighted by Crippen LogP contribution is 2.35. The molecule has 1 atom stereocenters. The molecule has 2 aliphatic rings. The van der Waals surface area contributed by atoms with Gasteiger partial charge in [-0.05, 0) is 43.2 Å². The first-order valence-corrected chi connectivity index (χ1v) is 8.56. The van der Waals surface area contributed by atoms with Gasteiger partial charge in [0.05, 0.1) is 17.9 Å². The highest BCUT2D eigenvalue weighted by molar-refractivity contribution is 7.10. The first-order valence-electron chi connectivity index (χ1n) is 7.68. The molecule has 0 bridgehead atoms. The Hall–Kier alpha value is -1.46. The molecule has 0 saturated heterocycles. The van der Waals surface area contributed by atoms with Crippen LogP contribution in [0, 0.1) is 0 Å². The molecule has 1 fully saturated rings. The predicted octanol–water partition coefficient (Wildman–Crippen LogP) is 2.91. The standard InChI is InChI=1S/C16H20N4S/c1-11-14-5-7-21-15(14)4-6-20(11)16-10-17-8-13(19-16)9-18-12-2-3-12/h5,7-8,10-12,18H,2-4,6,9H2,1H3. The summed E-state index contributed by atoms with van der Waals surface area (Å²) in [6.07, 6.45) is 7.50. The van der Waals surface area contributed by atoms with E-state index in [0.29, 0.717) is 12.1 Å². The van der Waals surface area contributed by atoms with Gasteiger partial charge < -0.3 is 10.2 Å². The van der Waals surface area contributed by atoms with Gasteiger partial charge >= 0.3 is 0 Å². The van der Waals surface area contributed by atoms with E-state index in [1.165, 1.54) is 23.3 Å². The first-order chi connectivity index (χ1) is 10.3. The minimum absolute atomic E-state index is 0.390. The van der Waals surface area contributed by atoms with E-state index < -0.39 is 0 Å². The second-order valence-electron chi connectivity index (χ2n) is 5.94. The molecule has 110 valence electrons. The molecule has 0 aromatic carbocycles. The Morgan fingerprint density at radius 2 is 2.29 bits per heavy atom. The number of hydrogen-bond acceptors (Lipinski definition) is 5. The number of thiophene rings is 1. The van der Waals surface area contributed by atoms with Gasteiger partial charge in [0.25, 0.3) is 0 Å². The molecule has 0 amide bonds. The molecular formula is C16H20N4S. The van der Waals surface area contributed by atoms with E-state index in [-0.39, 0.29) is 0 Å². The Morgan fingerprint density at radius 3 is 3.14 bits per heavy atom. The van der Waals surface area contributed by atoms with Gasteiger partial charge in [-0.2, -0.15) is 0 Å². The van der Waals surface area contributed by atoms with Crippen LogP contribution in [0.25, 0.3) is 0 Å². The van der Waals surface area contributed by atoms with Gasteiger partial charge in [0.15, 0.2) is 0 Å². The van der Waals surface area contributed by atoms with E-state index in [0.717, 1.165) is 31.0 Å². The van der Waals surface area contributed by atoms with Crippen LogP contribution < -0.4 is 10.2 Å². The largest absolute Gasteiger partial charge is 0.348 e. The van der Waals surface area contributed by atoms with Crippen molar-refractivity contribution < 1.29 is 0 Å². The molecule has 5 heteroatoms. The summed E-state index contributed by atoms with van der Waals surface area (Å²) < 4.78 is 0. The molecule has 21 heavy (non-hydrogen) atoms. The molecule has 0 spiro atoms. The molecule has 1 unspecified atom stereocenters. The van der Waals surface area contributed by atoms with E-state index in [1.807, 2.05) is 23.7 Å². The Bertz CT molecular complexity index is 635. The zero-order valence-electron chi connectivity index (χ0n) is 12.2. The van der Waals surface area contributed by atoms with E-state index in [9.17, 15) is 0 Å². The Kier molecular flexibility index (Phi) is 3.39. The van der Waals surface area contributed by atoms with Crippen molar-refractivity contribution >= 4 is 17.2 Å². The monoisotopic (exact) mass is 300 g/mol. The van der Waals surface area contributed by atoms with Crippen molar-refractivity contribution in [2.24, 2.45) is 0 Å². The summed E-state index contributed by atoms with van der Waals surface area (Å²) >= 11 is 1.88. The summed E-state index contributed by atoms with van der Waals surface area (Å²) in [4.78, 5) is 13.1. The Balaban J connectivity index is 1.54. The molecule has 4 nitrogen and oxygen atoms in total. The van der Waals surface area contributed by atoms with Crippen LogP contribution in [0.3, 0.4) is 0 Å². The van der Waals surface area contributed by atoms with Crippen LogP contribution in [0.5, 0.6) is 0 Å². The van der Waals surface area contributed by atoms with Crippen LogP contribution >= 0.6 is 11.3 Å². The van der Waals surface area contributed by atoms with Gasteiger partial charge in [0.2, 0.25) is 0 Å². The van der Waals surface area contributed by atoms with E-state index >= 15 is 0 Å². The smallest absolute Gasteiger partial charge is 0.147 e. The first kappa shape index (κ1) is 13.2. The average molecular weight is 300 g/mol. The van der Waals surface area contributed by atoms with Crippen molar-refractivity contribution in [3.63, 3.8) is 0 Å². The van der Waals surface area contributed by atoms with Crippen molar-refractivity contribution in [2.75, 3.05) is 11.4 Å². The quantitative estimate of drug-likeness (QED) is 0.942. The summed E-state index contributed by atoms with van der Waals surface area (Å²) in [5.41, 5.74) is 2.50. The number of fused-ring (bicyclic) bond motifs is 1. The highest BCUT2D eigenvalue weighted by atomic mass is 32.1. The molecule has 3 heterocycles. The fraction of sp³-hybridized carbons (Fsp3) is 0.500. The molecule has 1 N–H and O–H groups in total. The molecule has 1 aliphatic carbocycles. The van der Waals surface area contributed by atoms with Gasteiger partial charge in [-0.3, -0.25) is 4.98 Å². The summed E-state index contributed by atoms with van der Waals surface area (Å²) in [7, 11) is 0. The molecule has 1 aliphatic heterocycles. The number of hydrogen-bond donors (Lipinski definition) is 1. The van der Waals surface area contributed by atoms with Gasteiger partial charge in [-0.1, -0.05) is 0 Å². The zero-order valence-corrected chi connectivity index (χ0v) is 13.1. The maximum atomic E-state index is 4.81. The molecule has 2 aromatic heterocycles. The average Bonchev–Trinajstić information content (AvgIpc) is 3.21. The summed E-state index contributed by atoms with van der Waals surface area (Å²) in [5, 5.41) is 5.71. The van der Waals surface area contributed by atoms with Crippen LogP contribution in [-0.2, 0) is 13.0 Å². The second kappa shape index (κ2) is 5.39. The van der Waals surface area contributed by atoms with Gasteiger partial charge in [-0.25, -0.2) is 4.98 Å². The third-order valence-electron chi connectivity index (χ3n) is 4.39. The number of nitrogens with one attached hydrogen (secondary N) is 1. The molecule has 0 radical (unpaired) electrons. The lowest BCUT2D eigenvalue weighted by Crippen LogP contribution is -2.34. The molecule has 2 aromatic rings. The predicted molar refractivity (Wildman–Crippen MR) is 85.7 cm³/mol. The van der Waals surface area contributed by atoms with Gasteiger partial charge in [0.1, 0.15) is 5.82 Å². The molecule has 1 saturated carbocycles. The van der Waals surface area contributed by atoms with Crippen LogP contribution in [0.2, 0.25) is 0 Å². The van der Waals surface area contributed by atoms with Crippen LogP contribution in [0.4, 0.5) is 5.82 Å². The van der Waals surface area contributed by atoms with Crippen LogP contribution in [0.1, 0.15) is 41.9 Å². The topological polar surface area (TPSA) is 41.1 Å². The minimum atomic E-state index is 0.390. The lowest BCUT2D eigenvalue weighted by molar-refractivity contribution is 0.616. The van der Waals surface area contributed by atoms with E-state index in [1.54, 1.807) is 0 Å². The third-order valence-corrected chi connectivity index (χ3v) is 5.39. The summed E-state index contributed by atoms with van der Waals surface area (Å²) in [6, 6.07) is 3.35. The fourth-order valence-corrected chi connectivity index (χ4v) is 3.94. The van der Waals surface area contributed by atoms with Crippen molar-refractivity contribution in [3.8, 4) is 0 Å². The Labute approximate surface area is 129 Å². The summed E-state index contributed by atoms with van der Waals surface area (Å²) in [6.45, 7) is 4.13. The maximum Gasteiger partial charge on any atom is 0.147 e. The van der Waals surface area contributed by atoms with Crippen molar-refractivity contribution in [3.05, 3.63) is 40.0 Å².